The number of carbonyl (C=O) groups excluding carboxylic acids is 1. The lowest BCUT2D eigenvalue weighted by Crippen LogP contribution is -2.26. The first-order chi connectivity index (χ1) is 11.0. The topological polar surface area (TPSA) is 79.1 Å². The molecule has 7 nitrogen and oxygen atoms in total. The molecule has 1 unspecified atom stereocenters. The fourth-order valence-electron chi connectivity index (χ4n) is 1.77. The molecule has 0 aliphatic carbocycles. The third-order valence-electron chi connectivity index (χ3n) is 2.91. The van der Waals surface area contributed by atoms with E-state index in [1.807, 2.05) is 6.92 Å². The molecule has 0 fully saturated rings. The van der Waals surface area contributed by atoms with E-state index in [-0.39, 0.29) is 6.61 Å². The monoisotopic (exact) mass is 358 g/mol. The maximum Gasteiger partial charge on any atom is 0.347 e. The lowest BCUT2D eigenvalue weighted by Gasteiger charge is -2.15. The largest absolute Gasteiger partial charge is 0.477 e. The Hall–Kier alpha value is -1.86. The molecule has 0 radical (unpaired) electrons. The summed E-state index contributed by atoms with van der Waals surface area (Å²) in [6.45, 7) is 4.21. The Kier molecular flexibility index (Phi) is 6.18. The van der Waals surface area contributed by atoms with Gasteiger partial charge < -0.3 is 9.47 Å². The molecule has 23 heavy (non-hydrogen) atoms. The summed E-state index contributed by atoms with van der Waals surface area (Å²) in [5.74, 6) is 0.301. The van der Waals surface area contributed by atoms with Crippen LogP contribution in [0.4, 0.5) is 0 Å². The highest BCUT2D eigenvalue weighted by atomic mass is 35.5. The van der Waals surface area contributed by atoms with Gasteiger partial charge in [-0.3, -0.25) is 0 Å². The van der Waals surface area contributed by atoms with E-state index in [9.17, 15) is 4.79 Å². The van der Waals surface area contributed by atoms with Gasteiger partial charge in [-0.05, 0) is 42.0 Å². The van der Waals surface area contributed by atoms with Crippen molar-refractivity contribution in [1.29, 1.82) is 0 Å². The van der Waals surface area contributed by atoms with Crippen LogP contribution in [0.25, 0.3) is 0 Å². The van der Waals surface area contributed by atoms with Gasteiger partial charge in [-0.1, -0.05) is 30.1 Å². The predicted octanol–water partition coefficient (Wildman–Crippen LogP) is 2.90. The Labute approximate surface area is 143 Å². The molecule has 0 aliphatic heterocycles. The van der Waals surface area contributed by atoms with E-state index in [0.29, 0.717) is 28.2 Å². The van der Waals surface area contributed by atoms with E-state index in [4.69, 9.17) is 32.7 Å². The fourth-order valence-corrected chi connectivity index (χ4v) is 2.23. The van der Waals surface area contributed by atoms with Crippen molar-refractivity contribution in [3.63, 3.8) is 0 Å². The van der Waals surface area contributed by atoms with Crippen molar-refractivity contribution in [2.24, 2.45) is 0 Å². The van der Waals surface area contributed by atoms with Gasteiger partial charge in [0, 0.05) is 11.6 Å². The summed E-state index contributed by atoms with van der Waals surface area (Å²) in [4.78, 5) is 12.0. The highest BCUT2D eigenvalue weighted by Gasteiger charge is 2.19. The number of ether oxygens (including phenoxy) is 2. The Morgan fingerprint density at radius 1 is 1.39 bits per heavy atom. The molecule has 1 heterocycles. The minimum absolute atomic E-state index is 0.0200. The lowest BCUT2D eigenvalue weighted by molar-refractivity contribution is -0.152. The van der Waals surface area contributed by atoms with Gasteiger partial charge in [0.2, 0.25) is 0 Å². The summed E-state index contributed by atoms with van der Waals surface area (Å²) < 4.78 is 12.3. The number of hydrogen-bond donors (Lipinski definition) is 0. The molecular formula is C14H16Cl2N4O3. The van der Waals surface area contributed by atoms with Crippen molar-refractivity contribution in [3.05, 3.63) is 34.1 Å². The van der Waals surface area contributed by atoms with Crippen LogP contribution in [0.15, 0.2) is 18.2 Å². The quantitative estimate of drug-likeness (QED) is 0.708. The highest BCUT2D eigenvalue weighted by molar-refractivity contribution is 6.35. The molecule has 0 bridgehead atoms. The normalized spacial score (nSPS) is 12.0. The summed E-state index contributed by atoms with van der Waals surface area (Å²) >= 11 is 11.8. The Morgan fingerprint density at radius 2 is 2.17 bits per heavy atom. The first-order valence-electron chi connectivity index (χ1n) is 7.04. The molecule has 9 heteroatoms. The zero-order chi connectivity index (χ0) is 16.8. The zero-order valence-corrected chi connectivity index (χ0v) is 14.2. The van der Waals surface area contributed by atoms with Crippen molar-refractivity contribution in [2.45, 2.75) is 39.5 Å². The minimum atomic E-state index is -0.829. The van der Waals surface area contributed by atoms with Crippen LogP contribution in [0.1, 0.15) is 26.1 Å². The molecule has 0 saturated carbocycles. The minimum Gasteiger partial charge on any atom is -0.477 e. The summed E-state index contributed by atoms with van der Waals surface area (Å²) in [5, 5.41) is 12.0. The van der Waals surface area contributed by atoms with Gasteiger partial charge >= 0.3 is 5.97 Å². The molecule has 0 N–H and O–H groups in total. The molecule has 1 atom stereocenters. The van der Waals surface area contributed by atoms with E-state index in [1.165, 1.54) is 6.07 Å². The number of benzene rings is 1. The van der Waals surface area contributed by atoms with Crippen LogP contribution in [0.5, 0.6) is 5.75 Å². The maximum atomic E-state index is 12.0. The number of aromatic nitrogens is 4. The molecule has 0 aliphatic rings. The maximum absolute atomic E-state index is 12.0. The smallest absolute Gasteiger partial charge is 0.347 e. The standard InChI is InChI=1S/C14H16Cl2N4O3/c1-3-6-20-13(17-18-19-20)8-22-14(21)9(2)23-12-5-4-10(15)7-11(12)16/h4-5,7,9H,3,6,8H2,1-2H3. The van der Waals surface area contributed by atoms with Crippen molar-refractivity contribution in [3.8, 4) is 5.75 Å². The third kappa shape index (κ3) is 4.80. The summed E-state index contributed by atoms with van der Waals surface area (Å²) in [6.07, 6.45) is 0.0461. The second-order valence-electron chi connectivity index (χ2n) is 4.76. The van der Waals surface area contributed by atoms with E-state index in [1.54, 1.807) is 23.7 Å². The second-order valence-corrected chi connectivity index (χ2v) is 5.60. The average Bonchev–Trinajstić information content (AvgIpc) is 2.95. The van der Waals surface area contributed by atoms with Crippen LogP contribution in [0.3, 0.4) is 0 Å². The van der Waals surface area contributed by atoms with Gasteiger partial charge in [-0.15, -0.1) is 5.10 Å². The van der Waals surface area contributed by atoms with Crippen molar-refractivity contribution < 1.29 is 14.3 Å². The number of carbonyl (C=O) groups is 1. The van der Waals surface area contributed by atoms with Crippen molar-refractivity contribution >= 4 is 29.2 Å². The summed E-state index contributed by atoms with van der Waals surface area (Å²) in [7, 11) is 0. The van der Waals surface area contributed by atoms with Gasteiger partial charge in [0.1, 0.15) is 5.75 Å². The number of halogens is 2. The molecule has 2 aromatic rings. The van der Waals surface area contributed by atoms with Crippen molar-refractivity contribution in [1.82, 2.24) is 20.2 Å². The molecule has 124 valence electrons. The van der Waals surface area contributed by atoms with Crippen LogP contribution >= 0.6 is 23.2 Å². The van der Waals surface area contributed by atoms with Gasteiger partial charge in [0.25, 0.3) is 0 Å². The Bertz CT molecular complexity index is 678. The van der Waals surface area contributed by atoms with E-state index >= 15 is 0 Å². The highest BCUT2D eigenvalue weighted by Crippen LogP contribution is 2.28. The molecule has 0 saturated heterocycles. The number of nitrogens with zero attached hydrogens (tertiary/aromatic N) is 4. The lowest BCUT2D eigenvalue weighted by atomic mass is 10.3. The van der Waals surface area contributed by atoms with Gasteiger partial charge in [0.05, 0.1) is 5.02 Å². The van der Waals surface area contributed by atoms with E-state index in [0.717, 1.165) is 6.42 Å². The first-order valence-corrected chi connectivity index (χ1v) is 7.80. The molecule has 2 rings (SSSR count). The number of rotatable bonds is 7. The SMILES string of the molecule is CCCn1nnnc1COC(=O)C(C)Oc1ccc(Cl)cc1Cl. The second kappa shape index (κ2) is 8.12. The predicted molar refractivity (Wildman–Crippen MR) is 84.5 cm³/mol. The van der Waals surface area contributed by atoms with Gasteiger partial charge in [0.15, 0.2) is 18.5 Å². The van der Waals surface area contributed by atoms with Gasteiger partial charge in [-0.25, -0.2) is 9.48 Å². The number of tetrazole rings is 1. The summed E-state index contributed by atoms with van der Waals surface area (Å²) in [5.41, 5.74) is 0. The van der Waals surface area contributed by atoms with Crippen LogP contribution in [-0.4, -0.2) is 32.3 Å². The Balaban J connectivity index is 1.91. The number of esters is 1. The molecule has 1 aromatic heterocycles. The van der Waals surface area contributed by atoms with Crippen LogP contribution in [0, 0.1) is 0 Å². The average molecular weight is 359 g/mol. The van der Waals surface area contributed by atoms with Crippen LogP contribution in [0.2, 0.25) is 10.0 Å². The first kappa shape index (κ1) is 17.5. The molecular weight excluding hydrogens is 343 g/mol. The fraction of sp³-hybridized carbons (Fsp3) is 0.429. The molecule has 0 spiro atoms. The van der Waals surface area contributed by atoms with Crippen LogP contribution in [-0.2, 0) is 22.7 Å². The van der Waals surface area contributed by atoms with E-state index < -0.39 is 12.1 Å². The molecule has 0 amide bonds. The van der Waals surface area contributed by atoms with Gasteiger partial charge in [-0.2, -0.15) is 0 Å². The van der Waals surface area contributed by atoms with Crippen molar-refractivity contribution in [2.75, 3.05) is 0 Å². The van der Waals surface area contributed by atoms with Crippen LogP contribution < -0.4 is 4.74 Å². The zero-order valence-electron chi connectivity index (χ0n) is 12.7. The number of hydrogen-bond acceptors (Lipinski definition) is 6. The molecule has 1 aromatic carbocycles. The Morgan fingerprint density at radius 3 is 2.87 bits per heavy atom. The number of aryl methyl sites for hydroxylation is 1. The van der Waals surface area contributed by atoms with E-state index in [2.05, 4.69) is 15.5 Å². The third-order valence-corrected chi connectivity index (χ3v) is 3.45. The summed E-state index contributed by atoms with van der Waals surface area (Å²) in [6, 6.07) is 4.76.